The molecule has 1 N–H and O–H groups in total. The van der Waals surface area contributed by atoms with Crippen LogP contribution in [0.1, 0.15) is 53.2 Å². The molecule has 1 fully saturated rings. The van der Waals surface area contributed by atoms with Gasteiger partial charge in [0.2, 0.25) is 5.91 Å². The Morgan fingerprint density at radius 2 is 1.83 bits per heavy atom. The molecule has 2 amide bonds. The van der Waals surface area contributed by atoms with Gasteiger partial charge in [0.1, 0.15) is 11.5 Å². The molecule has 0 bridgehead atoms. The summed E-state index contributed by atoms with van der Waals surface area (Å²) in [5.41, 5.74) is 2.58. The number of aromatic nitrogens is 3. The number of likely N-dealkylation sites (tertiary alicyclic amines) is 1. The minimum atomic E-state index is -0.175. The molecule has 3 aromatic rings. The van der Waals surface area contributed by atoms with Crippen molar-refractivity contribution in [2.24, 2.45) is 5.92 Å². The molecule has 8 heteroatoms. The van der Waals surface area contributed by atoms with Crippen LogP contribution in [-0.2, 0) is 17.9 Å². The van der Waals surface area contributed by atoms with E-state index in [-0.39, 0.29) is 17.9 Å². The summed E-state index contributed by atoms with van der Waals surface area (Å²) in [7, 11) is 0. The van der Waals surface area contributed by atoms with E-state index in [0.29, 0.717) is 18.2 Å². The van der Waals surface area contributed by atoms with Gasteiger partial charge in [0, 0.05) is 64.8 Å². The summed E-state index contributed by atoms with van der Waals surface area (Å²) >= 11 is 0. The molecule has 1 saturated heterocycles. The molecule has 5 rings (SSSR count). The summed E-state index contributed by atoms with van der Waals surface area (Å²) in [6.45, 7) is 6.39. The van der Waals surface area contributed by atoms with E-state index in [1.165, 1.54) is 5.56 Å². The van der Waals surface area contributed by atoms with Crippen molar-refractivity contribution in [2.45, 2.75) is 38.9 Å². The summed E-state index contributed by atoms with van der Waals surface area (Å²) in [4.78, 5) is 38.0. The maximum Gasteiger partial charge on any atom is 0.271 e. The number of hydrogen-bond donors (Lipinski definition) is 1. The maximum atomic E-state index is 12.9. The minimum Gasteiger partial charge on any atom is -0.347 e. The van der Waals surface area contributed by atoms with Crippen molar-refractivity contribution >= 4 is 11.8 Å². The topological polar surface area (TPSA) is 83.4 Å². The lowest BCUT2D eigenvalue weighted by Gasteiger charge is -2.40. The zero-order chi connectivity index (χ0) is 24.2. The van der Waals surface area contributed by atoms with E-state index >= 15 is 0 Å². The van der Waals surface area contributed by atoms with Crippen LogP contribution >= 0.6 is 0 Å². The normalized spacial score (nSPS) is 18.8. The number of nitrogens with zero attached hydrogens (tertiary/aromatic N) is 5. The molecule has 2 aromatic heterocycles. The predicted octanol–water partition coefficient (Wildman–Crippen LogP) is 2.87. The summed E-state index contributed by atoms with van der Waals surface area (Å²) < 4.78 is 2.13. The Hall–Kier alpha value is -3.52. The fourth-order valence-corrected chi connectivity index (χ4v) is 5.20. The Bertz CT molecular complexity index is 1150. The van der Waals surface area contributed by atoms with E-state index in [0.717, 1.165) is 57.0 Å². The molecule has 1 atom stereocenters. The fraction of sp³-hybridized carbons (Fsp3) is 0.407. The average Bonchev–Trinajstić information content (AvgIpc) is 3.33. The van der Waals surface area contributed by atoms with Gasteiger partial charge in [-0.25, -0.2) is 4.98 Å². The van der Waals surface area contributed by atoms with Crippen LogP contribution in [0.2, 0.25) is 0 Å². The van der Waals surface area contributed by atoms with E-state index < -0.39 is 0 Å². The summed E-state index contributed by atoms with van der Waals surface area (Å²) in [5, 5.41) is 2.97. The molecular formula is C27H32N6O2. The van der Waals surface area contributed by atoms with Gasteiger partial charge >= 0.3 is 0 Å². The van der Waals surface area contributed by atoms with Gasteiger partial charge in [-0.15, -0.1) is 0 Å². The number of imidazole rings is 1. The third-order valence-electron chi connectivity index (χ3n) is 7.12. The van der Waals surface area contributed by atoms with Gasteiger partial charge in [-0.05, 0) is 36.0 Å². The van der Waals surface area contributed by atoms with Crippen molar-refractivity contribution < 1.29 is 9.59 Å². The van der Waals surface area contributed by atoms with Crippen LogP contribution in [0.15, 0.2) is 61.1 Å². The smallest absolute Gasteiger partial charge is 0.271 e. The first-order chi connectivity index (χ1) is 17.1. The van der Waals surface area contributed by atoms with Gasteiger partial charge in [0.15, 0.2) is 0 Å². The number of pyridine rings is 1. The molecule has 0 spiro atoms. The highest BCUT2D eigenvalue weighted by molar-refractivity contribution is 5.92. The van der Waals surface area contributed by atoms with Crippen molar-refractivity contribution in [1.82, 2.24) is 29.7 Å². The van der Waals surface area contributed by atoms with Gasteiger partial charge in [-0.3, -0.25) is 19.5 Å². The Balaban J connectivity index is 1.34. The van der Waals surface area contributed by atoms with Gasteiger partial charge in [0.25, 0.3) is 5.91 Å². The van der Waals surface area contributed by atoms with Gasteiger partial charge in [-0.2, -0.15) is 0 Å². The number of nitrogens with one attached hydrogen (secondary N) is 1. The van der Waals surface area contributed by atoms with Gasteiger partial charge < -0.3 is 14.8 Å². The van der Waals surface area contributed by atoms with Crippen LogP contribution in [0.5, 0.6) is 0 Å². The molecule has 1 unspecified atom stereocenters. The first kappa shape index (κ1) is 23.2. The van der Waals surface area contributed by atoms with E-state index in [4.69, 9.17) is 4.98 Å². The van der Waals surface area contributed by atoms with E-state index in [9.17, 15) is 9.59 Å². The molecule has 35 heavy (non-hydrogen) atoms. The van der Waals surface area contributed by atoms with Gasteiger partial charge in [-0.1, -0.05) is 36.4 Å². The summed E-state index contributed by atoms with van der Waals surface area (Å²) in [5.74, 6) is 1.45. The molecule has 182 valence electrons. The summed E-state index contributed by atoms with van der Waals surface area (Å²) in [6.07, 6.45) is 7.40. The van der Waals surface area contributed by atoms with Gasteiger partial charge in [0.05, 0.1) is 6.04 Å². The maximum absolute atomic E-state index is 12.9. The van der Waals surface area contributed by atoms with Crippen LogP contribution in [0.4, 0.5) is 0 Å². The molecule has 1 aromatic carbocycles. The van der Waals surface area contributed by atoms with Crippen molar-refractivity contribution in [3.8, 4) is 0 Å². The highest BCUT2D eigenvalue weighted by atomic mass is 16.2. The molecular weight excluding hydrogens is 440 g/mol. The third kappa shape index (κ3) is 5.27. The molecule has 2 aliphatic rings. The average molecular weight is 473 g/mol. The monoisotopic (exact) mass is 472 g/mol. The lowest BCUT2D eigenvalue weighted by Crippen LogP contribution is -2.44. The van der Waals surface area contributed by atoms with Crippen LogP contribution in [0, 0.1) is 5.92 Å². The zero-order valence-corrected chi connectivity index (χ0v) is 20.1. The number of fused-ring (bicyclic) bond motifs is 1. The summed E-state index contributed by atoms with van der Waals surface area (Å²) in [6, 6.07) is 14.2. The molecule has 8 nitrogen and oxygen atoms in total. The van der Waals surface area contributed by atoms with Crippen LogP contribution in [-0.4, -0.2) is 62.3 Å². The number of carbonyl (C=O) groups is 2. The van der Waals surface area contributed by atoms with E-state index in [1.807, 2.05) is 29.3 Å². The number of benzene rings is 1. The molecule has 2 aliphatic heterocycles. The lowest BCUT2D eigenvalue weighted by atomic mass is 9.94. The number of amides is 2. The largest absolute Gasteiger partial charge is 0.347 e. The van der Waals surface area contributed by atoms with E-state index in [2.05, 4.69) is 44.0 Å². The van der Waals surface area contributed by atoms with E-state index in [1.54, 1.807) is 19.3 Å². The standard InChI is InChI=1S/C27H32N6O2/c1-20(34)31-12-9-21(10-13-31)18-32-14-15-33-19-24(27(35)29-17-22-6-5-11-28-16-22)30-26(33)25(32)23-7-3-2-4-8-23/h2-8,11,16,19,21,25H,9-10,12-15,17-18H2,1H3,(H,29,35). The van der Waals surface area contributed by atoms with Crippen LogP contribution in [0.3, 0.4) is 0 Å². The van der Waals surface area contributed by atoms with Crippen LogP contribution < -0.4 is 5.32 Å². The molecule has 0 saturated carbocycles. The van der Waals surface area contributed by atoms with Crippen molar-refractivity contribution in [1.29, 1.82) is 0 Å². The number of rotatable bonds is 6. The third-order valence-corrected chi connectivity index (χ3v) is 7.12. The second-order valence-electron chi connectivity index (χ2n) is 9.48. The second kappa shape index (κ2) is 10.4. The second-order valence-corrected chi connectivity index (χ2v) is 9.48. The first-order valence-corrected chi connectivity index (χ1v) is 12.4. The number of hydrogen-bond acceptors (Lipinski definition) is 5. The van der Waals surface area contributed by atoms with Crippen molar-refractivity contribution in [3.63, 3.8) is 0 Å². The highest BCUT2D eigenvalue weighted by Gasteiger charge is 2.34. The minimum absolute atomic E-state index is 0.00402. The Labute approximate surface area is 206 Å². The van der Waals surface area contributed by atoms with Crippen LogP contribution in [0.25, 0.3) is 0 Å². The zero-order valence-electron chi connectivity index (χ0n) is 20.1. The quantitative estimate of drug-likeness (QED) is 0.597. The predicted molar refractivity (Wildman–Crippen MR) is 132 cm³/mol. The molecule has 4 heterocycles. The molecule has 0 radical (unpaired) electrons. The van der Waals surface area contributed by atoms with Crippen molar-refractivity contribution in [2.75, 3.05) is 26.2 Å². The molecule has 0 aliphatic carbocycles. The lowest BCUT2D eigenvalue weighted by molar-refractivity contribution is -0.130. The Morgan fingerprint density at radius 3 is 2.54 bits per heavy atom. The first-order valence-electron chi connectivity index (χ1n) is 12.4. The fourth-order valence-electron chi connectivity index (χ4n) is 5.20. The number of carbonyl (C=O) groups excluding carboxylic acids is 2. The van der Waals surface area contributed by atoms with Crippen molar-refractivity contribution in [3.05, 3.63) is 83.7 Å². The Kier molecular flexibility index (Phi) is 6.90. The number of piperidine rings is 1. The SMILES string of the molecule is CC(=O)N1CCC(CN2CCn3cc(C(=O)NCc4cccnc4)nc3C2c2ccccc2)CC1. The Morgan fingerprint density at radius 1 is 1.03 bits per heavy atom. The highest BCUT2D eigenvalue weighted by Crippen LogP contribution is 2.33.